The standard InChI is InChI=1S/C16H19ClO3/c1-11-4-2-6-13(10-11)20-16-12(8-9-15(18)19)5-3-7-14(16)17/h3,5,7-9,11,13H,2,4,6,10H2,1H3,(H,18,19)/b9-8+. The Morgan fingerprint density at radius 1 is 1.45 bits per heavy atom. The van der Waals surface area contributed by atoms with Gasteiger partial charge in [-0.05, 0) is 37.3 Å². The first-order valence-corrected chi connectivity index (χ1v) is 7.30. The summed E-state index contributed by atoms with van der Waals surface area (Å²) < 4.78 is 6.04. The highest BCUT2D eigenvalue weighted by molar-refractivity contribution is 6.32. The van der Waals surface area contributed by atoms with Crippen LogP contribution in [0.1, 0.15) is 38.2 Å². The highest BCUT2D eigenvalue weighted by Crippen LogP contribution is 2.34. The molecule has 1 aromatic carbocycles. The molecule has 0 amide bonds. The Morgan fingerprint density at radius 2 is 2.25 bits per heavy atom. The molecule has 0 aromatic heterocycles. The highest BCUT2D eigenvalue weighted by Gasteiger charge is 2.21. The molecule has 2 rings (SSSR count). The highest BCUT2D eigenvalue weighted by atomic mass is 35.5. The van der Waals surface area contributed by atoms with E-state index >= 15 is 0 Å². The first-order valence-electron chi connectivity index (χ1n) is 6.92. The third-order valence-electron chi connectivity index (χ3n) is 3.58. The van der Waals surface area contributed by atoms with E-state index in [2.05, 4.69) is 6.92 Å². The van der Waals surface area contributed by atoms with E-state index in [1.807, 2.05) is 6.07 Å². The number of aliphatic carboxylic acids is 1. The molecule has 1 aliphatic carbocycles. The summed E-state index contributed by atoms with van der Waals surface area (Å²) >= 11 is 6.19. The number of hydrogen-bond acceptors (Lipinski definition) is 2. The van der Waals surface area contributed by atoms with Crippen molar-refractivity contribution in [3.05, 3.63) is 34.9 Å². The molecule has 0 bridgehead atoms. The van der Waals surface area contributed by atoms with Crippen molar-refractivity contribution in [1.29, 1.82) is 0 Å². The molecule has 0 heterocycles. The fourth-order valence-corrected chi connectivity index (χ4v) is 2.82. The van der Waals surface area contributed by atoms with Gasteiger partial charge in [-0.25, -0.2) is 4.79 Å². The summed E-state index contributed by atoms with van der Waals surface area (Å²) in [7, 11) is 0. The van der Waals surface area contributed by atoms with Crippen molar-refractivity contribution in [3.63, 3.8) is 0 Å². The van der Waals surface area contributed by atoms with E-state index in [4.69, 9.17) is 21.4 Å². The summed E-state index contributed by atoms with van der Waals surface area (Å²) in [5.74, 6) is 0.266. The molecule has 2 atom stereocenters. The molecule has 0 aliphatic heterocycles. The monoisotopic (exact) mass is 294 g/mol. The minimum atomic E-state index is -0.984. The zero-order valence-electron chi connectivity index (χ0n) is 11.5. The number of carbonyl (C=O) groups is 1. The average Bonchev–Trinajstić information content (AvgIpc) is 2.39. The zero-order chi connectivity index (χ0) is 14.5. The van der Waals surface area contributed by atoms with E-state index in [9.17, 15) is 4.79 Å². The third-order valence-corrected chi connectivity index (χ3v) is 3.87. The molecular weight excluding hydrogens is 276 g/mol. The molecule has 1 aromatic rings. The molecule has 1 fully saturated rings. The Kier molecular flexibility index (Phi) is 5.07. The SMILES string of the molecule is CC1CCCC(Oc2c(Cl)cccc2/C=C/C(=O)O)C1. The van der Waals surface area contributed by atoms with Crippen LogP contribution >= 0.6 is 11.6 Å². The molecule has 0 radical (unpaired) electrons. The maximum Gasteiger partial charge on any atom is 0.328 e. The van der Waals surface area contributed by atoms with Gasteiger partial charge in [-0.2, -0.15) is 0 Å². The minimum absolute atomic E-state index is 0.163. The number of para-hydroxylation sites is 1. The summed E-state index contributed by atoms with van der Waals surface area (Å²) in [6.07, 6.45) is 7.24. The van der Waals surface area contributed by atoms with Crippen LogP contribution in [-0.4, -0.2) is 17.2 Å². The molecular formula is C16H19ClO3. The summed E-state index contributed by atoms with van der Waals surface area (Å²) in [4.78, 5) is 10.6. The molecule has 108 valence electrons. The molecule has 2 unspecified atom stereocenters. The van der Waals surface area contributed by atoms with Gasteiger partial charge in [0.25, 0.3) is 0 Å². The van der Waals surface area contributed by atoms with E-state index in [-0.39, 0.29) is 6.10 Å². The molecule has 1 aliphatic rings. The van der Waals surface area contributed by atoms with Crippen LogP contribution in [0.4, 0.5) is 0 Å². The van der Waals surface area contributed by atoms with E-state index in [0.29, 0.717) is 22.3 Å². The first kappa shape index (κ1) is 14.9. The lowest BCUT2D eigenvalue weighted by atomic mass is 9.88. The van der Waals surface area contributed by atoms with Crippen molar-refractivity contribution in [2.75, 3.05) is 0 Å². The Labute approximate surface area is 124 Å². The van der Waals surface area contributed by atoms with Crippen LogP contribution in [0.15, 0.2) is 24.3 Å². The smallest absolute Gasteiger partial charge is 0.328 e. The lowest BCUT2D eigenvalue weighted by Crippen LogP contribution is -2.24. The van der Waals surface area contributed by atoms with Crippen LogP contribution in [0.25, 0.3) is 6.08 Å². The van der Waals surface area contributed by atoms with Gasteiger partial charge in [0.05, 0.1) is 11.1 Å². The number of hydrogen-bond donors (Lipinski definition) is 1. The van der Waals surface area contributed by atoms with Crippen LogP contribution < -0.4 is 4.74 Å². The van der Waals surface area contributed by atoms with Crippen LogP contribution in [-0.2, 0) is 4.79 Å². The fraction of sp³-hybridized carbons (Fsp3) is 0.438. The van der Waals surface area contributed by atoms with Gasteiger partial charge in [-0.1, -0.05) is 37.1 Å². The van der Waals surface area contributed by atoms with Crippen molar-refractivity contribution in [2.45, 2.75) is 38.7 Å². The molecule has 1 saturated carbocycles. The second kappa shape index (κ2) is 6.80. The van der Waals surface area contributed by atoms with E-state index in [0.717, 1.165) is 25.3 Å². The van der Waals surface area contributed by atoms with Crippen molar-refractivity contribution >= 4 is 23.6 Å². The Morgan fingerprint density at radius 3 is 2.95 bits per heavy atom. The van der Waals surface area contributed by atoms with E-state index in [1.54, 1.807) is 12.1 Å². The topological polar surface area (TPSA) is 46.5 Å². The van der Waals surface area contributed by atoms with E-state index < -0.39 is 5.97 Å². The molecule has 4 heteroatoms. The predicted octanol–water partition coefficient (Wildman–Crippen LogP) is 4.40. The van der Waals surface area contributed by atoms with Gasteiger partial charge in [-0.3, -0.25) is 0 Å². The molecule has 0 spiro atoms. The van der Waals surface area contributed by atoms with Crippen molar-refractivity contribution in [3.8, 4) is 5.75 Å². The molecule has 1 N–H and O–H groups in total. The second-order valence-corrected chi connectivity index (χ2v) is 5.75. The Balaban J connectivity index is 2.19. The largest absolute Gasteiger partial charge is 0.488 e. The number of benzene rings is 1. The molecule has 3 nitrogen and oxygen atoms in total. The number of halogens is 1. The van der Waals surface area contributed by atoms with Gasteiger partial charge in [0.15, 0.2) is 0 Å². The van der Waals surface area contributed by atoms with Crippen molar-refractivity contribution < 1.29 is 14.6 Å². The predicted molar refractivity (Wildman–Crippen MR) is 80.2 cm³/mol. The van der Waals surface area contributed by atoms with Crippen molar-refractivity contribution in [2.24, 2.45) is 5.92 Å². The van der Waals surface area contributed by atoms with Gasteiger partial charge in [0, 0.05) is 11.6 Å². The Hall–Kier alpha value is -1.48. The molecule has 0 saturated heterocycles. The van der Waals surface area contributed by atoms with Crippen LogP contribution in [0.2, 0.25) is 5.02 Å². The third kappa shape index (κ3) is 4.01. The zero-order valence-corrected chi connectivity index (χ0v) is 12.3. The maximum absolute atomic E-state index is 10.6. The van der Waals surface area contributed by atoms with Crippen LogP contribution in [0, 0.1) is 5.92 Å². The lowest BCUT2D eigenvalue weighted by Gasteiger charge is -2.28. The van der Waals surface area contributed by atoms with Crippen LogP contribution in [0.3, 0.4) is 0 Å². The normalized spacial score (nSPS) is 22.9. The van der Waals surface area contributed by atoms with E-state index in [1.165, 1.54) is 12.5 Å². The lowest BCUT2D eigenvalue weighted by molar-refractivity contribution is -0.131. The fourth-order valence-electron chi connectivity index (χ4n) is 2.59. The summed E-state index contributed by atoms with van der Waals surface area (Å²) in [5, 5.41) is 9.25. The van der Waals surface area contributed by atoms with Crippen molar-refractivity contribution in [1.82, 2.24) is 0 Å². The number of carboxylic acids is 1. The summed E-state index contributed by atoms with van der Waals surface area (Å²) in [6, 6.07) is 5.37. The first-order chi connectivity index (χ1) is 9.56. The van der Waals surface area contributed by atoms with Gasteiger partial charge in [-0.15, -0.1) is 0 Å². The second-order valence-electron chi connectivity index (χ2n) is 5.34. The van der Waals surface area contributed by atoms with Crippen LogP contribution in [0.5, 0.6) is 5.75 Å². The number of ether oxygens (including phenoxy) is 1. The summed E-state index contributed by atoms with van der Waals surface area (Å²) in [6.45, 7) is 2.23. The average molecular weight is 295 g/mol. The maximum atomic E-state index is 10.6. The number of carboxylic acid groups (broad SMARTS) is 1. The van der Waals surface area contributed by atoms with Gasteiger partial charge in [0.1, 0.15) is 5.75 Å². The quantitative estimate of drug-likeness (QED) is 0.838. The Bertz CT molecular complexity index is 510. The molecule has 20 heavy (non-hydrogen) atoms. The minimum Gasteiger partial charge on any atom is -0.488 e. The van der Waals surface area contributed by atoms with Gasteiger partial charge in [0.2, 0.25) is 0 Å². The summed E-state index contributed by atoms with van der Waals surface area (Å²) in [5.41, 5.74) is 0.707. The number of rotatable bonds is 4. The van der Waals surface area contributed by atoms with Gasteiger partial charge >= 0.3 is 5.97 Å². The van der Waals surface area contributed by atoms with Gasteiger partial charge < -0.3 is 9.84 Å².